The summed E-state index contributed by atoms with van der Waals surface area (Å²) in [5.41, 5.74) is 2.56. The predicted octanol–water partition coefficient (Wildman–Crippen LogP) is 3.33. The van der Waals surface area contributed by atoms with Crippen molar-refractivity contribution in [3.8, 4) is 11.4 Å². The molecular weight excluding hydrogens is 210 g/mol. The lowest BCUT2D eigenvalue weighted by atomic mass is 9.84. The number of nitrogens with one attached hydrogen (secondary N) is 1. The topological polar surface area (TPSA) is 41.6 Å². The average molecular weight is 226 g/mol. The lowest BCUT2D eigenvalue weighted by molar-refractivity contribution is 0.512. The Bertz CT molecular complexity index is 453. The Morgan fingerprint density at radius 3 is 2.47 bits per heavy atom. The van der Waals surface area contributed by atoms with E-state index >= 15 is 0 Å². The van der Waals surface area contributed by atoms with Gasteiger partial charge in [0.15, 0.2) is 5.82 Å². The Balaban J connectivity index is 1.80. The summed E-state index contributed by atoms with van der Waals surface area (Å²) >= 11 is 0. The maximum absolute atomic E-state index is 4.16. The molecule has 1 aliphatic carbocycles. The highest BCUT2D eigenvalue weighted by molar-refractivity contribution is 5.54. The molecule has 0 unspecified atom stereocenters. The van der Waals surface area contributed by atoms with E-state index in [-0.39, 0.29) is 0 Å². The normalized spacial score (nSPS) is 17.2. The smallest absolute Gasteiger partial charge is 0.155 e. The molecule has 1 aromatic heterocycles. The molecular formula is C14H16N3. The van der Waals surface area contributed by atoms with Crippen LogP contribution in [-0.4, -0.2) is 15.2 Å². The molecule has 1 aliphatic rings. The average Bonchev–Trinajstić information content (AvgIpc) is 2.94. The number of hydrogen-bond donors (Lipinski definition) is 1. The summed E-state index contributed by atoms with van der Waals surface area (Å²) in [6, 6.07) is 8.73. The van der Waals surface area contributed by atoms with Crippen LogP contribution in [0.5, 0.6) is 0 Å². The molecule has 1 heterocycles. The predicted molar refractivity (Wildman–Crippen MR) is 67.3 cm³/mol. The summed E-state index contributed by atoms with van der Waals surface area (Å²) in [5, 5.41) is 6.76. The largest absolute Gasteiger partial charge is 0.259 e. The van der Waals surface area contributed by atoms with Gasteiger partial charge in [-0.2, -0.15) is 5.10 Å². The molecule has 87 valence electrons. The van der Waals surface area contributed by atoms with Crippen LogP contribution < -0.4 is 0 Å². The third kappa shape index (κ3) is 2.23. The first-order valence-corrected chi connectivity index (χ1v) is 6.21. The second kappa shape index (κ2) is 4.70. The van der Waals surface area contributed by atoms with Crippen molar-refractivity contribution >= 4 is 0 Å². The standard InChI is InChI=1S/C14H16N3/c1-2-4-11(5-3-1)12-6-8-13(9-7-12)14-15-10-16-17-14/h1,6-11H,2-5H2,(H,15,16,17). The molecule has 0 spiro atoms. The quantitative estimate of drug-likeness (QED) is 0.853. The van der Waals surface area contributed by atoms with Crippen molar-refractivity contribution in [2.24, 2.45) is 0 Å². The lowest BCUT2D eigenvalue weighted by Crippen LogP contribution is -2.04. The minimum atomic E-state index is 0.740. The van der Waals surface area contributed by atoms with Crippen molar-refractivity contribution in [2.75, 3.05) is 0 Å². The van der Waals surface area contributed by atoms with E-state index in [0.717, 1.165) is 17.3 Å². The van der Waals surface area contributed by atoms with E-state index in [0.29, 0.717) is 0 Å². The number of aromatic amines is 1. The Morgan fingerprint density at radius 1 is 1.06 bits per heavy atom. The zero-order valence-corrected chi connectivity index (χ0v) is 9.76. The van der Waals surface area contributed by atoms with Crippen molar-refractivity contribution in [1.82, 2.24) is 15.2 Å². The van der Waals surface area contributed by atoms with Gasteiger partial charge in [-0.15, -0.1) is 0 Å². The number of benzene rings is 1. The molecule has 1 saturated carbocycles. The number of H-pyrrole nitrogens is 1. The third-order valence-electron chi connectivity index (χ3n) is 3.51. The molecule has 0 aliphatic heterocycles. The molecule has 0 bridgehead atoms. The maximum Gasteiger partial charge on any atom is 0.155 e. The van der Waals surface area contributed by atoms with E-state index in [4.69, 9.17) is 0 Å². The fourth-order valence-electron chi connectivity index (χ4n) is 2.52. The van der Waals surface area contributed by atoms with Crippen molar-refractivity contribution in [1.29, 1.82) is 0 Å². The Kier molecular flexibility index (Phi) is 2.90. The highest BCUT2D eigenvalue weighted by Gasteiger charge is 2.15. The molecule has 3 rings (SSSR count). The minimum Gasteiger partial charge on any atom is -0.259 e. The maximum atomic E-state index is 4.16. The molecule has 2 aromatic rings. The van der Waals surface area contributed by atoms with Gasteiger partial charge in [-0.25, -0.2) is 4.98 Å². The van der Waals surface area contributed by atoms with Crippen LogP contribution in [0, 0.1) is 6.42 Å². The van der Waals surface area contributed by atoms with Crippen LogP contribution in [0.3, 0.4) is 0 Å². The van der Waals surface area contributed by atoms with Crippen LogP contribution in [0.4, 0.5) is 0 Å². The fraction of sp³-hybridized carbons (Fsp3) is 0.357. The van der Waals surface area contributed by atoms with Gasteiger partial charge in [0.05, 0.1) is 0 Å². The van der Waals surface area contributed by atoms with E-state index < -0.39 is 0 Å². The van der Waals surface area contributed by atoms with Gasteiger partial charge in [-0.05, 0) is 43.6 Å². The zero-order valence-electron chi connectivity index (χ0n) is 9.76. The summed E-state index contributed by atoms with van der Waals surface area (Å²) in [7, 11) is 0. The molecule has 3 heteroatoms. The van der Waals surface area contributed by atoms with Gasteiger partial charge in [0.1, 0.15) is 6.33 Å². The number of nitrogens with zero attached hydrogens (tertiary/aromatic N) is 2. The van der Waals surface area contributed by atoms with Gasteiger partial charge in [0, 0.05) is 5.56 Å². The van der Waals surface area contributed by atoms with E-state index in [9.17, 15) is 0 Å². The van der Waals surface area contributed by atoms with E-state index in [2.05, 4.69) is 45.9 Å². The number of hydrogen-bond acceptors (Lipinski definition) is 2. The molecule has 0 atom stereocenters. The van der Waals surface area contributed by atoms with Crippen LogP contribution in [0.15, 0.2) is 30.6 Å². The molecule has 17 heavy (non-hydrogen) atoms. The van der Waals surface area contributed by atoms with Crippen molar-refractivity contribution in [2.45, 2.75) is 31.6 Å². The highest BCUT2D eigenvalue weighted by Crippen LogP contribution is 2.32. The van der Waals surface area contributed by atoms with Gasteiger partial charge < -0.3 is 0 Å². The second-order valence-electron chi connectivity index (χ2n) is 4.60. The van der Waals surface area contributed by atoms with Crippen LogP contribution in [0.2, 0.25) is 0 Å². The summed E-state index contributed by atoms with van der Waals surface area (Å²) in [5.74, 6) is 1.58. The summed E-state index contributed by atoms with van der Waals surface area (Å²) in [4.78, 5) is 4.16. The first-order valence-electron chi connectivity index (χ1n) is 6.21. The van der Waals surface area contributed by atoms with E-state index in [1.54, 1.807) is 6.33 Å². The Hall–Kier alpha value is -1.64. The number of rotatable bonds is 2. The molecule has 1 N–H and O–H groups in total. The Morgan fingerprint density at radius 2 is 1.82 bits per heavy atom. The van der Waals surface area contributed by atoms with E-state index in [1.807, 2.05) is 0 Å². The monoisotopic (exact) mass is 226 g/mol. The first kappa shape index (κ1) is 10.5. The van der Waals surface area contributed by atoms with Crippen LogP contribution in [-0.2, 0) is 0 Å². The third-order valence-corrected chi connectivity index (χ3v) is 3.51. The summed E-state index contributed by atoms with van der Waals surface area (Å²) < 4.78 is 0. The molecule has 1 aromatic carbocycles. The molecule has 3 nitrogen and oxygen atoms in total. The summed E-state index contributed by atoms with van der Waals surface area (Å²) in [6.45, 7) is 0. The van der Waals surface area contributed by atoms with Crippen LogP contribution >= 0.6 is 0 Å². The van der Waals surface area contributed by atoms with Gasteiger partial charge in [0.2, 0.25) is 0 Å². The molecule has 1 radical (unpaired) electrons. The van der Waals surface area contributed by atoms with Crippen molar-refractivity contribution in [3.05, 3.63) is 42.6 Å². The van der Waals surface area contributed by atoms with Crippen molar-refractivity contribution in [3.63, 3.8) is 0 Å². The highest BCUT2D eigenvalue weighted by atomic mass is 15.2. The van der Waals surface area contributed by atoms with Gasteiger partial charge in [0.25, 0.3) is 0 Å². The first-order chi connectivity index (χ1) is 8.43. The van der Waals surface area contributed by atoms with Crippen LogP contribution in [0.25, 0.3) is 11.4 Å². The second-order valence-corrected chi connectivity index (χ2v) is 4.60. The van der Waals surface area contributed by atoms with Gasteiger partial charge in [-0.3, -0.25) is 5.10 Å². The van der Waals surface area contributed by atoms with Gasteiger partial charge >= 0.3 is 0 Å². The lowest BCUT2D eigenvalue weighted by Gasteiger charge is -2.21. The fourth-order valence-corrected chi connectivity index (χ4v) is 2.52. The molecule has 0 saturated heterocycles. The molecule has 1 fully saturated rings. The van der Waals surface area contributed by atoms with Gasteiger partial charge in [-0.1, -0.05) is 24.3 Å². The van der Waals surface area contributed by atoms with Crippen molar-refractivity contribution < 1.29 is 0 Å². The Labute approximate surface area is 101 Å². The van der Waals surface area contributed by atoms with E-state index in [1.165, 1.54) is 31.2 Å². The van der Waals surface area contributed by atoms with Crippen LogP contribution in [0.1, 0.15) is 37.2 Å². The minimum absolute atomic E-state index is 0.740. The summed E-state index contributed by atoms with van der Waals surface area (Å²) in [6.07, 6.45) is 9.05. The SMILES string of the molecule is [CH]1CCC(c2ccc(-c3ncn[nH]3)cc2)CC1. The number of aromatic nitrogens is 3. The zero-order chi connectivity index (χ0) is 11.5. The molecule has 0 amide bonds.